The number of hydrogen-bond acceptors (Lipinski definition) is 16. The minimum absolute atomic E-state index is 0.0965. The first-order valence-electron chi connectivity index (χ1n) is 17.0. The molecule has 6 aromatic rings. The number of esters is 2. The van der Waals surface area contributed by atoms with Crippen LogP contribution in [0.25, 0.3) is 43.4 Å². The van der Waals surface area contributed by atoms with E-state index in [4.69, 9.17) is 34.6 Å². The number of methoxy groups -OCH3 is 2. The molecule has 0 radical (unpaired) electrons. The number of amides is 1. The Labute approximate surface area is 335 Å². The average Bonchev–Trinajstić information content (AvgIpc) is 4.02. The van der Waals surface area contributed by atoms with Crippen LogP contribution in [0, 0.1) is 0 Å². The fraction of sp³-hybridized carbons (Fsp3) is 0.297. The zero-order valence-electron chi connectivity index (χ0n) is 31.1. The van der Waals surface area contributed by atoms with Crippen molar-refractivity contribution in [1.82, 2.24) is 30.2 Å². The third-order valence-electron chi connectivity index (χ3n) is 9.06. The number of nitrogens with one attached hydrogen (secondary N) is 1. The van der Waals surface area contributed by atoms with E-state index >= 15 is 0 Å². The summed E-state index contributed by atoms with van der Waals surface area (Å²) in [5.41, 5.74) is 9.89. The van der Waals surface area contributed by atoms with E-state index < -0.39 is 32.4 Å². The Bertz CT molecular complexity index is 2310. The van der Waals surface area contributed by atoms with Gasteiger partial charge in [0.2, 0.25) is 5.91 Å². The van der Waals surface area contributed by atoms with E-state index in [0.29, 0.717) is 48.4 Å². The highest BCUT2D eigenvalue weighted by Gasteiger charge is 2.42. The summed E-state index contributed by atoms with van der Waals surface area (Å²) in [6, 6.07) is 12.8. The molecule has 3 N–H and O–H groups in total. The Morgan fingerprint density at radius 3 is 1.98 bits per heavy atom. The molecule has 1 amide bonds. The van der Waals surface area contributed by atoms with Gasteiger partial charge in [0.25, 0.3) is 0 Å². The summed E-state index contributed by atoms with van der Waals surface area (Å²) in [6.07, 6.45) is -0.531. The number of nitrogens with zero attached hydrogens (tertiary/aromatic N) is 5. The van der Waals surface area contributed by atoms with Crippen LogP contribution in [0.2, 0.25) is 18.1 Å². The third-order valence-corrected chi connectivity index (χ3v) is 17.0. The second-order valence-corrected chi connectivity index (χ2v) is 21.9. The van der Waals surface area contributed by atoms with Gasteiger partial charge in [-0.1, -0.05) is 51.1 Å². The van der Waals surface area contributed by atoms with E-state index in [1.807, 2.05) is 47.2 Å². The standard InChI is InChI=1S/C37H39N7O6S4Si/c1-37(2,3)55(6,7)50-30(20-11-9-8-10-12-20)29(44-27(45)15-38)34-41-24(17-54-34)33-40-23(16-52-33)28-21(31-42-25(18-51-31)35(46)48-4)13-14-22(39-28)32-43-26(19-53-32)36(47)49-5/h8-14,16-19,29-30H,15,38H2,1-7H3,(H,44,45)/t29-,30-/m0/s1. The molecule has 0 aliphatic rings. The number of pyridine rings is 1. The summed E-state index contributed by atoms with van der Waals surface area (Å²) in [7, 11) is 0.250. The molecular weight excluding hydrogens is 795 g/mol. The molecule has 2 atom stereocenters. The molecule has 18 heteroatoms. The van der Waals surface area contributed by atoms with Crippen LogP contribution in [0.3, 0.4) is 0 Å². The van der Waals surface area contributed by atoms with Gasteiger partial charge < -0.3 is 25.0 Å². The van der Waals surface area contributed by atoms with Crippen molar-refractivity contribution in [1.29, 1.82) is 0 Å². The molecule has 0 aliphatic heterocycles. The van der Waals surface area contributed by atoms with Gasteiger partial charge in [0.15, 0.2) is 19.7 Å². The number of hydrogen-bond donors (Lipinski definition) is 2. The lowest BCUT2D eigenvalue weighted by molar-refractivity contribution is -0.121. The van der Waals surface area contributed by atoms with Crippen molar-refractivity contribution < 1.29 is 28.3 Å². The van der Waals surface area contributed by atoms with Crippen LogP contribution in [-0.4, -0.2) is 71.8 Å². The minimum atomic E-state index is -2.35. The summed E-state index contributed by atoms with van der Waals surface area (Å²) >= 11 is 5.33. The van der Waals surface area contributed by atoms with E-state index in [1.165, 1.54) is 59.6 Å². The maximum atomic E-state index is 12.9. The van der Waals surface area contributed by atoms with Crippen LogP contribution >= 0.6 is 45.3 Å². The number of carbonyl (C=O) groups excluding carboxylic acids is 3. The molecule has 0 unspecified atom stereocenters. The molecule has 13 nitrogen and oxygen atoms in total. The van der Waals surface area contributed by atoms with E-state index in [0.717, 1.165) is 5.56 Å². The highest BCUT2D eigenvalue weighted by atomic mass is 32.1. The van der Waals surface area contributed by atoms with E-state index in [1.54, 1.807) is 16.8 Å². The fourth-order valence-electron chi connectivity index (χ4n) is 5.13. The zero-order valence-corrected chi connectivity index (χ0v) is 35.4. The van der Waals surface area contributed by atoms with Gasteiger partial charge in [-0.05, 0) is 35.8 Å². The smallest absolute Gasteiger partial charge is 0.357 e. The maximum Gasteiger partial charge on any atom is 0.357 e. The predicted octanol–water partition coefficient (Wildman–Crippen LogP) is 8.03. The maximum absolute atomic E-state index is 12.9. The van der Waals surface area contributed by atoms with Crippen molar-refractivity contribution in [2.75, 3.05) is 20.8 Å². The predicted molar refractivity (Wildman–Crippen MR) is 219 cm³/mol. The first-order valence-corrected chi connectivity index (χ1v) is 23.4. The highest BCUT2D eigenvalue weighted by molar-refractivity contribution is 7.14. The van der Waals surface area contributed by atoms with Crippen LogP contribution in [0.15, 0.2) is 64.0 Å². The SMILES string of the molecule is COC(=O)c1csc(-c2ccc(-c3nc(C(=O)OC)cs3)c(-c3csc(-c4csc([C@@H](NC(=O)CN)[C@@H](O[Si](C)(C)C(C)(C)C)c5ccccc5)n4)n3)n2)n1. The van der Waals surface area contributed by atoms with Crippen molar-refractivity contribution in [3.63, 3.8) is 0 Å². The molecule has 5 aromatic heterocycles. The number of nitrogens with two attached hydrogens (primary N) is 1. The normalized spacial score (nSPS) is 12.9. The summed E-state index contributed by atoms with van der Waals surface area (Å²) < 4.78 is 16.8. The molecule has 5 heterocycles. The zero-order chi connectivity index (χ0) is 39.5. The van der Waals surface area contributed by atoms with Gasteiger partial charge in [-0.3, -0.25) is 4.79 Å². The molecule has 1 aromatic carbocycles. The molecule has 286 valence electrons. The minimum Gasteiger partial charge on any atom is -0.464 e. The number of aromatic nitrogens is 5. The lowest BCUT2D eigenvalue weighted by Crippen LogP contribution is -2.45. The van der Waals surface area contributed by atoms with Crippen LogP contribution < -0.4 is 11.1 Å². The Hall–Kier alpha value is -4.56. The molecule has 0 aliphatic carbocycles. The van der Waals surface area contributed by atoms with Gasteiger partial charge in [-0.25, -0.2) is 34.5 Å². The number of ether oxygens (including phenoxy) is 2. The van der Waals surface area contributed by atoms with Crippen molar-refractivity contribution >= 4 is 71.5 Å². The lowest BCUT2D eigenvalue weighted by atomic mass is 10.0. The van der Waals surface area contributed by atoms with Gasteiger partial charge in [-0.15, -0.1) is 45.3 Å². The van der Waals surface area contributed by atoms with Crippen molar-refractivity contribution in [3.05, 3.63) is 85.9 Å². The third kappa shape index (κ3) is 8.80. The highest BCUT2D eigenvalue weighted by Crippen LogP contribution is 2.45. The first-order chi connectivity index (χ1) is 26.2. The number of carbonyl (C=O) groups is 3. The van der Waals surface area contributed by atoms with Gasteiger partial charge in [-0.2, -0.15) is 0 Å². The molecule has 0 saturated heterocycles. The van der Waals surface area contributed by atoms with Gasteiger partial charge in [0, 0.05) is 27.1 Å². The van der Waals surface area contributed by atoms with E-state index in [2.05, 4.69) is 49.1 Å². The van der Waals surface area contributed by atoms with Crippen molar-refractivity contribution in [3.8, 4) is 43.4 Å². The van der Waals surface area contributed by atoms with Crippen LogP contribution in [0.5, 0.6) is 0 Å². The topological polar surface area (TPSA) is 181 Å². The second-order valence-electron chi connectivity index (χ2n) is 13.7. The summed E-state index contributed by atoms with van der Waals surface area (Å²) in [5, 5.41) is 12.4. The largest absolute Gasteiger partial charge is 0.464 e. The Morgan fingerprint density at radius 1 is 0.745 bits per heavy atom. The molecule has 0 bridgehead atoms. The monoisotopic (exact) mass is 833 g/mol. The summed E-state index contributed by atoms with van der Waals surface area (Å²) in [4.78, 5) is 61.3. The Balaban J connectivity index is 1.40. The van der Waals surface area contributed by atoms with Gasteiger partial charge >= 0.3 is 11.9 Å². The van der Waals surface area contributed by atoms with E-state index in [9.17, 15) is 14.4 Å². The molecular formula is C37H39N7O6S4Si. The quantitative estimate of drug-likeness (QED) is 0.0846. The van der Waals surface area contributed by atoms with Crippen molar-refractivity contribution in [2.24, 2.45) is 5.73 Å². The Kier molecular flexibility index (Phi) is 12.2. The molecule has 0 saturated carbocycles. The molecule has 6 rings (SSSR count). The first kappa shape index (κ1) is 40.1. The molecule has 55 heavy (non-hydrogen) atoms. The lowest BCUT2D eigenvalue weighted by Gasteiger charge is -2.41. The summed E-state index contributed by atoms with van der Waals surface area (Å²) in [6.45, 7) is 10.7. The van der Waals surface area contributed by atoms with Crippen molar-refractivity contribution in [2.45, 2.75) is 51.0 Å². The van der Waals surface area contributed by atoms with Gasteiger partial charge in [0.05, 0.1) is 32.6 Å². The second kappa shape index (κ2) is 16.7. The molecule has 0 fully saturated rings. The number of rotatable bonds is 13. The molecule has 0 spiro atoms. The van der Waals surface area contributed by atoms with E-state index in [-0.39, 0.29) is 28.9 Å². The summed E-state index contributed by atoms with van der Waals surface area (Å²) in [5.74, 6) is -1.42. The fourth-order valence-corrected chi connectivity index (χ4v) is 9.67. The van der Waals surface area contributed by atoms with Crippen LogP contribution in [0.1, 0.15) is 64.5 Å². The van der Waals surface area contributed by atoms with Crippen LogP contribution in [-0.2, 0) is 18.7 Å². The number of benzene rings is 1. The van der Waals surface area contributed by atoms with Gasteiger partial charge in [0.1, 0.15) is 43.2 Å². The number of thiazole rings is 4. The van der Waals surface area contributed by atoms with Crippen LogP contribution in [0.4, 0.5) is 0 Å². The average molecular weight is 834 g/mol. The Morgan fingerprint density at radius 2 is 1.35 bits per heavy atom.